The number of para-hydroxylation sites is 1. The number of rotatable bonds is 7. The highest BCUT2D eigenvalue weighted by Crippen LogP contribution is 2.26. The molecule has 0 fully saturated rings. The second kappa shape index (κ2) is 14.4. The number of carbonyl (C=O) groups excluding carboxylic acids is 2. The molecule has 1 aliphatic heterocycles. The number of ether oxygens (including phenoxy) is 1. The Balaban J connectivity index is 1.34. The predicted octanol–water partition coefficient (Wildman–Crippen LogP) is 5.66. The lowest BCUT2D eigenvalue weighted by atomic mass is 10.1. The second-order valence-corrected chi connectivity index (χ2v) is 11.4. The van der Waals surface area contributed by atoms with E-state index in [4.69, 9.17) is 4.74 Å². The molecule has 0 saturated heterocycles. The van der Waals surface area contributed by atoms with Crippen molar-refractivity contribution in [2.24, 2.45) is 0 Å². The molecule has 3 aromatic carbocycles. The summed E-state index contributed by atoms with van der Waals surface area (Å²) in [5.41, 5.74) is 4.49. The van der Waals surface area contributed by atoms with Gasteiger partial charge in [0.15, 0.2) is 5.13 Å². The minimum Gasteiger partial charge on any atom is -0.497 e. The third-order valence-corrected chi connectivity index (χ3v) is 8.20. The van der Waals surface area contributed by atoms with Crippen molar-refractivity contribution < 1.29 is 18.7 Å². The maximum absolute atomic E-state index is 13.3. The van der Waals surface area contributed by atoms with E-state index in [9.17, 15) is 14.0 Å². The molecular weight excluding hydrogens is 565 g/mol. The van der Waals surface area contributed by atoms with Crippen LogP contribution in [0, 0.1) is 5.82 Å². The molecule has 2 heterocycles. The fraction of sp³-hybridized carbons (Fsp3) is 0.303. The van der Waals surface area contributed by atoms with Gasteiger partial charge in [-0.1, -0.05) is 30.3 Å². The van der Waals surface area contributed by atoms with Gasteiger partial charge >= 0.3 is 0 Å². The first-order valence-electron chi connectivity index (χ1n) is 14.3. The fourth-order valence-electron chi connectivity index (χ4n) is 5.29. The Kier molecular flexibility index (Phi) is 10.1. The number of anilines is 2. The van der Waals surface area contributed by atoms with E-state index in [2.05, 4.69) is 26.2 Å². The lowest BCUT2D eigenvalue weighted by molar-refractivity contribution is -0.118. The summed E-state index contributed by atoms with van der Waals surface area (Å²) in [7, 11) is 1.67. The van der Waals surface area contributed by atoms with E-state index in [0.29, 0.717) is 30.5 Å². The number of benzene rings is 3. The van der Waals surface area contributed by atoms with Gasteiger partial charge in [0.25, 0.3) is 0 Å². The van der Waals surface area contributed by atoms with Crippen molar-refractivity contribution in [3.8, 4) is 17.0 Å². The number of thiazole rings is 1. The minimum atomic E-state index is -0.307. The number of halogens is 1. The zero-order chi connectivity index (χ0) is 30.2. The summed E-state index contributed by atoms with van der Waals surface area (Å²) in [6, 6.07) is 22.1. The highest BCUT2D eigenvalue weighted by molar-refractivity contribution is 7.14. The Hall–Kier alpha value is -4.12. The average molecular weight is 602 g/mol. The maximum Gasteiger partial charge on any atom is 0.240 e. The first kappa shape index (κ1) is 30.3. The van der Waals surface area contributed by atoms with Gasteiger partial charge in [0.05, 0.1) is 19.3 Å². The predicted molar refractivity (Wildman–Crippen MR) is 169 cm³/mol. The Morgan fingerprint density at radius 1 is 0.977 bits per heavy atom. The SMILES string of the molecule is COc1cccc(CN2CCCN(C(C)=O)c3ccccc3CN(CC(=O)Nc3nc(-c4ccc(F)cc4)cs3)CC2)c1. The number of hydrogen-bond acceptors (Lipinski definition) is 7. The van der Waals surface area contributed by atoms with Crippen LogP contribution in [0.3, 0.4) is 0 Å². The molecule has 8 nitrogen and oxygen atoms in total. The van der Waals surface area contributed by atoms with Crippen LogP contribution in [-0.4, -0.2) is 66.4 Å². The van der Waals surface area contributed by atoms with Gasteiger partial charge in [-0.05, 0) is 60.0 Å². The van der Waals surface area contributed by atoms with Crippen LogP contribution in [-0.2, 0) is 22.7 Å². The quantitative estimate of drug-likeness (QED) is 0.295. The maximum atomic E-state index is 13.3. The Bertz CT molecular complexity index is 1540. The Labute approximate surface area is 255 Å². The lowest BCUT2D eigenvalue weighted by Gasteiger charge is -2.27. The molecule has 0 bridgehead atoms. The summed E-state index contributed by atoms with van der Waals surface area (Å²) in [5.74, 6) is 0.334. The summed E-state index contributed by atoms with van der Waals surface area (Å²) >= 11 is 1.33. The van der Waals surface area contributed by atoms with Gasteiger partial charge in [0.1, 0.15) is 11.6 Å². The number of amides is 2. The van der Waals surface area contributed by atoms with Crippen molar-refractivity contribution in [3.05, 3.63) is 95.1 Å². The van der Waals surface area contributed by atoms with Crippen LogP contribution in [0.2, 0.25) is 0 Å². The molecule has 4 aromatic rings. The molecule has 0 atom stereocenters. The van der Waals surface area contributed by atoms with Crippen LogP contribution in [0.4, 0.5) is 15.2 Å². The smallest absolute Gasteiger partial charge is 0.240 e. The topological polar surface area (TPSA) is 78.0 Å². The highest BCUT2D eigenvalue weighted by atomic mass is 32.1. The molecule has 224 valence electrons. The molecule has 43 heavy (non-hydrogen) atoms. The standard InChI is InChI=1S/C33H36FN5O3S/c1-24(40)39-16-6-15-37(20-25-7-5-9-29(19-25)42-2)17-18-38(21-27-8-3-4-10-31(27)39)22-32(41)36-33-35-30(23-43-33)26-11-13-28(34)14-12-26/h3-5,7-14,19,23H,6,15-18,20-22H2,1-2H3,(H,35,36,41). The monoisotopic (exact) mass is 601 g/mol. The lowest BCUT2D eigenvalue weighted by Crippen LogP contribution is -2.39. The first-order valence-corrected chi connectivity index (χ1v) is 15.2. The molecule has 1 aromatic heterocycles. The van der Waals surface area contributed by atoms with E-state index in [1.165, 1.54) is 23.5 Å². The van der Waals surface area contributed by atoms with Gasteiger partial charge < -0.3 is 15.0 Å². The Morgan fingerprint density at radius 2 is 1.77 bits per heavy atom. The number of nitrogens with zero attached hydrogens (tertiary/aromatic N) is 4. The van der Waals surface area contributed by atoms with Crippen molar-refractivity contribution in [2.75, 3.05) is 50.1 Å². The Morgan fingerprint density at radius 3 is 2.56 bits per heavy atom. The molecule has 0 spiro atoms. The van der Waals surface area contributed by atoms with Gasteiger partial charge in [-0.25, -0.2) is 9.37 Å². The number of methoxy groups -OCH3 is 1. The first-order chi connectivity index (χ1) is 20.9. The number of hydrogen-bond donors (Lipinski definition) is 1. The van der Waals surface area contributed by atoms with Crippen LogP contribution in [0.15, 0.2) is 78.2 Å². The summed E-state index contributed by atoms with van der Waals surface area (Å²) in [4.78, 5) is 36.9. The van der Waals surface area contributed by atoms with Crippen molar-refractivity contribution >= 4 is 34.0 Å². The zero-order valence-electron chi connectivity index (χ0n) is 24.5. The van der Waals surface area contributed by atoms with Crippen LogP contribution in [0.25, 0.3) is 11.3 Å². The van der Waals surface area contributed by atoms with Crippen LogP contribution in [0.5, 0.6) is 5.75 Å². The second-order valence-electron chi connectivity index (χ2n) is 10.6. The molecular formula is C33H36FN5O3S. The minimum absolute atomic E-state index is 0.00364. The molecule has 5 rings (SSSR count). The molecule has 0 unspecified atom stereocenters. The van der Waals surface area contributed by atoms with E-state index in [-0.39, 0.29) is 24.2 Å². The molecule has 0 saturated carbocycles. The normalized spacial score (nSPS) is 14.9. The molecule has 0 radical (unpaired) electrons. The van der Waals surface area contributed by atoms with Crippen LogP contribution in [0.1, 0.15) is 24.5 Å². The average Bonchev–Trinajstić information content (AvgIpc) is 3.45. The van der Waals surface area contributed by atoms with Gasteiger partial charge in [0, 0.05) is 62.8 Å². The van der Waals surface area contributed by atoms with Gasteiger partial charge in [-0.2, -0.15) is 0 Å². The summed E-state index contributed by atoms with van der Waals surface area (Å²) in [5, 5.41) is 5.28. The number of carbonyl (C=O) groups is 2. The summed E-state index contributed by atoms with van der Waals surface area (Å²) in [6.45, 7) is 5.82. The van der Waals surface area contributed by atoms with E-state index in [1.807, 2.05) is 52.7 Å². The van der Waals surface area contributed by atoms with Gasteiger partial charge in [-0.3, -0.25) is 19.4 Å². The van der Waals surface area contributed by atoms with Gasteiger partial charge in [-0.15, -0.1) is 11.3 Å². The number of nitrogens with one attached hydrogen (secondary N) is 1. The van der Waals surface area contributed by atoms with Crippen molar-refractivity contribution in [1.82, 2.24) is 14.8 Å². The number of aromatic nitrogens is 1. The summed E-state index contributed by atoms with van der Waals surface area (Å²) in [6.07, 6.45) is 0.818. The third kappa shape index (κ3) is 8.25. The number of fused-ring (bicyclic) bond motifs is 1. The van der Waals surface area contributed by atoms with Crippen molar-refractivity contribution in [2.45, 2.75) is 26.4 Å². The van der Waals surface area contributed by atoms with Crippen molar-refractivity contribution in [1.29, 1.82) is 0 Å². The van der Waals surface area contributed by atoms with Crippen molar-refractivity contribution in [3.63, 3.8) is 0 Å². The largest absolute Gasteiger partial charge is 0.497 e. The highest BCUT2D eigenvalue weighted by Gasteiger charge is 2.21. The molecule has 2 amide bonds. The summed E-state index contributed by atoms with van der Waals surface area (Å²) < 4.78 is 18.8. The van der Waals surface area contributed by atoms with Crippen LogP contribution < -0.4 is 15.0 Å². The van der Waals surface area contributed by atoms with Gasteiger partial charge in [0.2, 0.25) is 11.8 Å². The zero-order valence-corrected chi connectivity index (χ0v) is 25.3. The van der Waals surface area contributed by atoms with E-state index in [0.717, 1.165) is 54.2 Å². The van der Waals surface area contributed by atoms with Crippen LogP contribution >= 0.6 is 11.3 Å². The van der Waals surface area contributed by atoms with E-state index >= 15 is 0 Å². The molecule has 10 heteroatoms. The van der Waals surface area contributed by atoms with E-state index in [1.54, 1.807) is 26.2 Å². The van der Waals surface area contributed by atoms with E-state index < -0.39 is 0 Å². The molecule has 0 aliphatic carbocycles. The third-order valence-electron chi connectivity index (χ3n) is 7.44. The molecule has 1 N–H and O–H groups in total. The molecule has 1 aliphatic rings. The fourth-order valence-corrected chi connectivity index (χ4v) is 6.03.